The second kappa shape index (κ2) is 10.6. The summed E-state index contributed by atoms with van der Waals surface area (Å²) in [5.74, 6) is -1.46. The fourth-order valence-electron chi connectivity index (χ4n) is 6.88. The minimum absolute atomic E-state index is 0.0679. The van der Waals surface area contributed by atoms with Crippen LogP contribution in [0.25, 0.3) is 44.1 Å². The van der Waals surface area contributed by atoms with Crippen molar-refractivity contribution in [2.75, 3.05) is 13.2 Å². The van der Waals surface area contributed by atoms with Crippen LogP contribution in [0.1, 0.15) is 36.4 Å². The third-order valence-electron chi connectivity index (χ3n) is 8.70. The number of benzene rings is 4. The molecule has 4 heterocycles. The number of carbonyl (C=O) groups excluding carboxylic acids is 2. The molecule has 0 saturated carbocycles. The van der Waals surface area contributed by atoms with Gasteiger partial charge in [-0.2, -0.15) is 0 Å². The lowest BCUT2D eigenvalue weighted by Gasteiger charge is -2.50. The molecule has 8 heteroatoms. The van der Waals surface area contributed by atoms with Crippen LogP contribution in [-0.2, 0) is 40.0 Å². The fraction of sp³-hybridized carbons (Fsp3) is 0.158. The number of nitrogens with zero attached hydrogens (tertiary/aromatic N) is 2. The van der Waals surface area contributed by atoms with Gasteiger partial charge < -0.3 is 9.47 Å². The molecule has 8 nitrogen and oxygen atoms in total. The van der Waals surface area contributed by atoms with Crippen molar-refractivity contribution in [2.45, 2.75) is 25.0 Å². The molecule has 2 atom stereocenters. The number of hydrogen-bond donors (Lipinski definition) is 0. The normalized spacial score (nSPS) is 19.4. The van der Waals surface area contributed by atoms with E-state index in [0.29, 0.717) is 33.3 Å². The average molecular weight is 609 g/mol. The first-order valence-corrected chi connectivity index (χ1v) is 15.3. The largest absolute Gasteiger partial charge is 0.463 e. The molecule has 2 bridgehead atoms. The zero-order chi connectivity index (χ0) is 31.5. The molecule has 9 rings (SSSR count). The topological polar surface area (TPSA) is 96.8 Å². The first-order valence-electron chi connectivity index (χ1n) is 15.3. The maximum absolute atomic E-state index is 14.6. The molecule has 0 radical (unpaired) electrons. The highest BCUT2D eigenvalue weighted by Gasteiger charge is 2.71. The lowest BCUT2D eigenvalue weighted by molar-refractivity contribution is -0.414. The lowest BCUT2D eigenvalue weighted by atomic mass is 9.66. The summed E-state index contributed by atoms with van der Waals surface area (Å²) in [5, 5.41) is 1.52. The van der Waals surface area contributed by atoms with Gasteiger partial charge in [-0.25, -0.2) is 29.3 Å². The van der Waals surface area contributed by atoms with Crippen LogP contribution in [0.5, 0.6) is 0 Å². The third kappa shape index (κ3) is 3.68. The van der Waals surface area contributed by atoms with Gasteiger partial charge in [0, 0.05) is 33.0 Å². The highest BCUT2D eigenvalue weighted by molar-refractivity contribution is 6.08. The summed E-state index contributed by atoms with van der Waals surface area (Å²) >= 11 is 0. The monoisotopic (exact) mass is 608 g/mol. The average Bonchev–Trinajstić information content (AvgIpc) is 3.10. The van der Waals surface area contributed by atoms with E-state index in [-0.39, 0.29) is 24.6 Å². The fourth-order valence-corrected chi connectivity index (χ4v) is 6.88. The zero-order valence-electron chi connectivity index (χ0n) is 25.2. The Morgan fingerprint density at radius 1 is 0.565 bits per heavy atom. The van der Waals surface area contributed by atoms with Crippen LogP contribution in [0.3, 0.4) is 0 Å². The van der Waals surface area contributed by atoms with E-state index in [4.69, 9.17) is 29.2 Å². The summed E-state index contributed by atoms with van der Waals surface area (Å²) in [6, 6.07) is 34.5. The molecule has 0 N–H and O–H groups in total. The van der Waals surface area contributed by atoms with Crippen LogP contribution in [0, 0.1) is 0 Å². The van der Waals surface area contributed by atoms with Gasteiger partial charge in [-0.1, -0.05) is 97.1 Å². The van der Waals surface area contributed by atoms with Gasteiger partial charge in [0.2, 0.25) is 0 Å². The smallest absolute Gasteiger partial charge is 0.353 e. The summed E-state index contributed by atoms with van der Waals surface area (Å²) in [7, 11) is 0. The summed E-state index contributed by atoms with van der Waals surface area (Å²) in [6.45, 7) is 3.59. The van der Waals surface area contributed by atoms with Gasteiger partial charge in [0.25, 0.3) is 11.2 Å². The van der Waals surface area contributed by atoms with Crippen molar-refractivity contribution in [3.05, 3.63) is 132 Å². The number of pyridine rings is 2. The van der Waals surface area contributed by atoms with Gasteiger partial charge in [0.05, 0.1) is 24.2 Å². The second-order valence-corrected chi connectivity index (χ2v) is 11.2. The predicted octanol–water partition coefficient (Wildman–Crippen LogP) is 7.01. The number of hydrogen-bond acceptors (Lipinski definition) is 8. The molecule has 1 aliphatic carbocycles. The second-order valence-electron chi connectivity index (χ2n) is 11.2. The number of rotatable bonds is 6. The number of esters is 2. The van der Waals surface area contributed by atoms with Gasteiger partial charge in [-0.15, -0.1) is 0 Å². The molecule has 0 amide bonds. The van der Waals surface area contributed by atoms with Crippen molar-refractivity contribution in [1.29, 1.82) is 0 Å². The van der Waals surface area contributed by atoms with Gasteiger partial charge in [-0.05, 0) is 37.1 Å². The van der Waals surface area contributed by atoms with Crippen LogP contribution >= 0.6 is 0 Å². The van der Waals surface area contributed by atoms with Crippen LogP contribution in [0.15, 0.2) is 109 Å². The molecule has 6 aromatic rings. The summed E-state index contributed by atoms with van der Waals surface area (Å²) < 4.78 is 11.6. The Morgan fingerprint density at radius 2 is 0.935 bits per heavy atom. The van der Waals surface area contributed by atoms with Crippen molar-refractivity contribution in [3.63, 3.8) is 0 Å². The molecular weight excluding hydrogens is 580 g/mol. The van der Waals surface area contributed by atoms with Crippen molar-refractivity contribution in [3.8, 4) is 22.3 Å². The minimum Gasteiger partial charge on any atom is -0.463 e. The molecule has 2 unspecified atom stereocenters. The van der Waals surface area contributed by atoms with E-state index in [0.717, 1.165) is 21.9 Å². The first-order chi connectivity index (χ1) is 22.6. The quantitative estimate of drug-likeness (QED) is 0.147. The Balaban J connectivity index is 1.65. The molecule has 46 heavy (non-hydrogen) atoms. The molecule has 2 aromatic heterocycles. The summed E-state index contributed by atoms with van der Waals surface area (Å²) in [6.07, 6.45) is 0. The van der Waals surface area contributed by atoms with E-state index >= 15 is 0 Å². The number of para-hydroxylation sites is 2. The minimum atomic E-state index is -2.04. The van der Waals surface area contributed by atoms with E-state index in [1.807, 2.05) is 109 Å². The molecule has 2 aliphatic heterocycles. The van der Waals surface area contributed by atoms with E-state index < -0.39 is 23.1 Å². The van der Waals surface area contributed by atoms with Crippen molar-refractivity contribution >= 4 is 33.7 Å². The number of aromatic nitrogens is 2. The van der Waals surface area contributed by atoms with Gasteiger partial charge in [0.15, 0.2) is 0 Å². The summed E-state index contributed by atoms with van der Waals surface area (Å²) in [5.41, 5.74) is 1.12. The Bertz CT molecular complexity index is 2030. The summed E-state index contributed by atoms with van der Waals surface area (Å²) in [4.78, 5) is 52.0. The van der Waals surface area contributed by atoms with E-state index in [2.05, 4.69) is 0 Å². The van der Waals surface area contributed by atoms with Crippen molar-refractivity contribution in [1.82, 2.24) is 9.97 Å². The van der Waals surface area contributed by atoms with Crippen LogP contribution in [-0.4, -0.2) is 35.1 Å². The van der Waals surface area contributed by atoms with Gasteiger partial charge in [-0.3, -0.25) is 0 Å². The van der Waals surface area contributed by atoms with Gasteiger partial charge >= 0.3 is 11.9 Å². The highest BCUT2D eigenvalue weighted by atomic mass is 17.2. The SMILES string of the molecule is CCOC(=O)C12OOC(C(=O)OCC)(c3nc4ccccc4c(-c4ccccc4)c31)c1c2nc2ccccc2c1-c1ccccc1. The van der Waals surface area contributed by atoms with Crippen LogP contribution in [0.2, 0.25) is 0 Å². The maximum Gasteiger partial charge on any atom is 0.353 e. The lowest BCUT2D eigenvalue weighted by Crippen LogP contribution is -2.61. The molecule has 0 spiro atoms. The van der Waals surface area contributed by atoms with Crippen LogP contribution < -0.4 is 0 Å². The standard InChI is InChI=1S/C38H28N2O6/c1-3-43-35(41)37-31-29(23-15-7-5-8-16-23)25-19-11-14-22-28(25)40-34(31)38(46-45-37,36(42)44-4-2)32-30(24-17-9-6-10-18-24)26-20-12-13-21-27(26)39-33(32)37/h5-22H,3-4H2,1-2H3. The van der Waals surface area contributed by atoms with Crippen LogP contribution in [0.4, 0.5) is 0 Å². The molecule has 3 aliphatic rings. The number of carbonyl (C=O) groups is 2. The first kappa shape index (κ1) is 28.1. The van der Waals surface area contributed by atoms with Crippen molar-refractivity contribution < 1.29 is 28.8 Å². The molecule has 0 fully saturated rings. The third-order valence-corrected chi connectivity index (χ3v) is 8.70. The highest BCUT2D eigenvalue weighted by Crippen LogP contribution is 2.62. The maximum atomic E-state index is 14.6. The molecular formula is C38H28N2O6. The van der Waals surface area contributed by atoms with Crippen molar-refractivity contribution in [2.24, 2.45) is 0 Å². The van der Waals surface area contributed by atoms with E-state index in [1.165, 1.54) is 0 Å². The van der Waals surface area contributed by atoms with Gasteiger partial charge in [0.1, 0.15) is 11.4 Å². The Labute approximate surface area is 264 Å². The van der Waals surface area contributed by atoms with E-state index in [1.54, 1.807) is 13.8 Å². The molecule has 0 saturated heterocycles. The Morgan fingerprint density at radius 3 is 1.33 bits per heavy atom. The Kier molecular flexibility index (Phi) is 6.45. The number of ether oxygens (including phenoxy) is 2. The zero-order valence-corrected chi connectivity index (χ0v) is 25.2. The molecule has 4 aromatic carbocycles. The number of fused-ring (bicyclic) bond motifs is 3. The predicted molar refractivity (Wildman–Crippen MR) is 171 cm³/mol. The van der Waals surface area contributed by atoms with E-state index in [9.17, 15) is 9.59 Å². The Hall–Kier alpha value is -5.44. The molecule has 226 valence electrons.